The van der Waals surface area contributed by atoms with Crippen LogP contribution in [0.5, 0.6) is 11.5 Å². The van der Waals surface area contributed by atoms with Crippen LogP contribution in [0.1, 0.15) is 11.7 Å². The van der Waals surface area contributed by atoms with Crippen LogP contribution in [0.2, 0.25) is 0 Å². The third-order valence-corrected chi connectivity index (χ3v) is 5.01. The largest absolute Gasteiger partial charge is 0.494 e. The van der Waals surface area contributed by atoms with Crippen LogP contribution in [-0.4, -0.2) is 54.9 Å². The number of aromatic nitrogens is 7. The van der Waals surface area contributed by atoms with Crippen LogP contribution in [0.15, 0.2) is 35.0 Å². The summed E-state index contributed by atoms with van der Waals surface area (Å²) in [6.45, 7) is 1.69. The van der Waals surface area contributed by atoms with Crippen molar-refractivity contribution < 1.29 is 18.3 Å². The summed E-state index contributed by atoms with van der Waals surface area (Å²) < 4.78 is 34.5. The minimum Gasteiger partial charge on any atom is -0.494 e. The van der Waals surface area contributed by atoms with Crippen molar-refractivity contribution >= 4 is 17.9 Å². The van der Waals surface area contributed by atoms with Crippen LogP contribution in [0.4, 0.5) is 10.3 Å². The second-order valence-electron chi connectivity index (χ2n) is 6.34. The second-order valence-corrected chi connectivity index (χ2v) is 7.24. The third-order valence-electron chi connectivity index (χ3n) is 4.27. The molecule has 0 bridgehead atoms. The summed E-state index contributed by atoms with van der Waals surface area (Å²) in [5.41, 5.74) is 0.568. The Bertz CT molecular complexity index is 1180. The minimum absolute atomic E-state index is 0.195. The molecule has 32 heavy (non-hydrogen) atoms. The molecule has 0 saturated heterocycles. The maximum absolute atomic E-state index is 13.0. The maximum Gasteiger partial charge on any atom is 0.286 e. The van der Waals surface area contributed by atoms with Crippen LogP contribution in [0.3, 0.4) is 0 Å². The summed E-state index contributed by atoms with van der Waals surface area (Å²) in [6.07, 6.45) is 2.81. The molecule has 0 atom stereocenters. The molecule has 11 nitrogen and oxygen atoms in total. The Morgan fingerprint density at radius 1 is 1.06 bits per heavy atom. The van der Waals surface area contributed by atoms with Crippen molar-refractivity contribution in [2.75, 3.05) is 24.7 Å². The molecular weight excluding hydrogens is 439 g/mol. The van der Waals surface area contributed by atoms with Gasteiger partial charge < -0.3 is 13.9 Å². The van der Waals surface area contributed by atoms with Gasteiger partial charge >= 0.3 is 0 Å². The second kappa shape index (κ2) is 9.60. The van der Waals surface area contributed by atoms with Gasteiger partial charge in [0.1, 0.15) is 23.0 Å². The molecule has 4 rings (SSSR count). The first kappa shape index (κ1) is 21.5. The Hall–Kier alpha value is -3.74. The average Bonchev–Trinajstić information content (AvgIpc) is 3.43. The van der Waals surface area contributed by atoms with Crippen molar-refractivity contribution in [1.82, 2.24) is 34.9 Å². The molecule has 3 heterocycles. The van der Waals surface area contributed by atoms with Crippen molar-refractivity contribution in [3.8, 4) is 28.9 Å². The van der Waals surface area contributed by atoms with E-state index in [2.05, 4.69) is 35.1 Å². The topological polar surface area (TPSA) is 126 Å². The molecule has 0 aliphatic carbocycles. The van der Waals surface area contributed by atoms with E-state index in [0.717, 1.165) is 12.4 Å². The highest BCUT2D eigenvalue weighted by Crippen LogP contribution is 2.37. The number of para-hydroxylation sites is 1. The number of nitrogens with zero attached hydrogens (tertiary/aromatic N) is 7. The van der Waals surface area contributed by atoms with Crippen LogP contribution < -0.4 is 14.2 Å². The smallest absolute Gasteiger partial charge is 0.286 e. The number of halogens is 1. The Kier molecular flexibility index (Phi) is 6.44. The van der Waals surface area contributed by atoms with Gasteiger partial charge in [0.15, 0.2) is 5.82 Å². The molecule has 0 unspecified atom stereocenters. The molecule has 1 aromatic carbocycles. The number of rotatable bonds is 9. The molecule has 0 fully saturated rings. The van der Waals surface area contributed by atoms with Crippen molar-refractivity contribution in [1.29, 1.82) is 0 Å². The molecule has 0 amide bonds. The fourth-order valence-corrected chi connectivity index (χ4v) is 3.51. The van der Waals surface area contributed by atoms with Crippen LogP contribution in [-0.2, 0) is 6.42 Å². The van der Waals surface area contributed by atoms with E-state index in [-0.39, 0.29) is 5.89 Å². The lowest BCUT2D eigenvalue weighted by molar-refractivity contribution is 0.391. The van der Waals surface area contributed by atoms with E-state index in [1.807, 2.05) is 6.07 Å². The molecule has 0 saturated carbocycles. The Balaban J connectivity index is 1.65. The van der Waals surface area contributed by atoms with Crippen LogP contribution in [0, 0.1) is 12.7 Å². The molecular formula is C19H19FN8O3S. The maximum atomic E-state index is 13.0. The molecule has 1 N–H and O–H groups in total. The molecule has 0 aliphatic rings. The van der Waals surface area contributed by atoms with Crippen LogP contribution >= 0.6 is 11.9 Å². The van der Waals surface area contributed by atoms with Crippen molar-refractivity contribution in [3.63, 3.8) is 0 Å². The van der Waals surface area contributed by atoms with E-state index >= 15 is 0 Å². The number of aryl methyl sites for hydroxylation is 2. The van der Waals surface area contributed by atoms with Crippen LogP contribution in [0.25, 0.3) is 17.4 Å². The van der Waals surface area contributed by atoms with E-state index in [4.69, 9.17) is 13.9 Å². The predicted octanol–water partition coefficient (Wildman–Crippen LogP) is 2.87. The number of benzene rings is 1. The number of nitrogens with one attached hydrogen (secondary N) is 1. The fourth-order valence-electron chi connectivity index (χ4n) is 2.87. The average molecular weight is 458 g/mol. The third kappa shape index (κ3) is 4.46. The summed E-state index contributed by atoms with van der Waals surface area (Å²) in [7, 11) is 3.12. The molecule has 0 radical (unpaired) electrons. The Morgan fingerprint density at radius 2 is 1.78 bits per heavy atom. The normalized spacial score (nSPS) is 10.9. The number of hydrogen-bond donors (Lipinski definition) is 1. The zero-order valence-electron chi connectivity index (χ0n) is 17.4. The van der Waals surface area contributed by atoms with Gasteiger partial charge in [-0.1, -0.05) is 6.07 Å². The molecule has 3 aromatic heterocycles. The van der Waals surface area contributed by atoms with Crippen molar-refractivity contribution in [2.24, 2.45) is 0 Å². The molecule has 0 spiro atoms. The van der Waals surface area contributed by atoms with E-state index in [0.29, 0.717) is 52.8 Å². The Labute approximate surface area is 186 Å². The zero-order valence-corrected chi connectivity index (χ0v) is 18.3. The molecule has 13 heteroatoms. The standard InChI is InChI=1S/C19H19FN8O3S/c1-11-23-25-18(31-11)17-24-26-19(27-32-8-7-15-21-9-12(20)10-22-15)28(17)16-13(29-2)5-4-6-14(16)30-3/h4-6,9-10H,7-8H2,1-3H3,(H,26,27). The monoisotopic (exact) mass is 458 g/mol. The van der Waals surface area contributed by atoms with Crippen molar-refractivity contribution in [3.05, 3.63) is 48.1 Å². The fraction of sp³-hybridized carbons (Fsp3) is 0.263. The van der Waals surface area contributed by atoms with Crippen molar-refractivity contribution in [2.45, 2.75) is 13.3 Å². The highest BCUT2D eigenvalue weighted by molar-refractivity contribution is 8.00. The summed E-state index contributed by atoms with van der Waals surface area (Å²) >= 11 is 1.36. The number of hydrogen-bond acceptors (Lipinski definition) is 11. The summed E-state index contributed by atoms with van der Waals surface area (Å²) in [5, 5.41) is 16.4. The first-order valence-electron chi connectivity index (χ1n) is 9.42. The minimum atomic E-state index is -0.470. The first-order chi connectivity index (χ1) is 15.6. The molecule has 166 valence electrons. The quantitative estimate of drug-likeness (QED) is 0.294. The number of ether oxygens (including phenoxy) is 2. The van der Waals surface area contributed by atoms with E-state index < -0.39 is 5.82 Å². The van der Waals surface area contributed by atoms with Gasteiger partial charge in [0, 0.05) is 19.1 Å². The highest BCUT2D eigenvalue weighted by atomic mass is 32.2. The summed E-state index contributed by atoms with van der Waals surface area (Å²) in [6, 6.07) is 5.40. The molecule has 4 aromatic rings. The highest BCUT2D eigenvalue weighted by Gasteiger charge is 2.25. The van der Waals surface area contributed by atoms with Gasteiger partial charge in [-0.3, -0.25) is 4.72 Å². The zero-order chi connectivity index (χ0) is 22.5. The van der Waals surface area contributed by atoms with Gasteiger partial charge in [0.2, 0.25) is 17.7 Å². The van der Waals surface area contributed by atoms with Gasteiger partial charge in [-0.2, -0.15) is 0 Å². The first-order valence-corrected chi connectivity index (χ1v) is 10.4. The Morgan fingerprint density at radius 3 is 2.41 bits per heavy atom. The number of anilines is 1. The predicted molar refractivity (Wildman–Crippen MR) is 114 cm³/mol. The molecule has 0 aliphatic heterocycles. The summed E-state index contributed by atoms with van der Waals surface area (Å²) in [4.78, 5) is 7.92. The lowest BCUT2D eigenvalue weighted by Gasteiger charge is -2.16. The summed E-state index contributed by atoms with van der Waals surface area (Å²) in [5.74, 6) is 3.03. The van der Waals surface area contributed by atoms with E-state index in [9.17, 15) is 4.39 Å². The SMILES string of the molecule is COc1cccc(OC)c1-n1c(NSCCc2ncc(F)cn2)nnc1-c1nnc(C)o1. The lowest BCUT2D eigenvalue weighted by atomic mass is 10.2. The van der Waals surface area contributed by atoms with E-state index in [1.54, 1.807) is 37.8 Å². The van der Waals surface area contributed by atoms with Gasteiger partial charge in [0.05, 0.1) is 26.6 Å². The van der Waals surface area contributed by atoms with E-state index in [1.165, 1.54) is 11.9 Å². The lowest BCUT2D eigenvalue weighted by Crippen LogP contribution is -2.07. The van der Waals surface area contributed by atoms with Gasteiger partial charge in [0.25, 0.3) is 5.89 Å². The van der Waals surface area contributed by atoms with Gasteiger partial charge in [-0.05, 0) is 24.1 Å². The van der Waals surface area contributed by atoms with Gasteiger partial charge in [-0.15, -0.1) is 20.4 Å². The number of methoxy groups -OCH3 is 2. The van der Waals surface area contributed by atoms with Gasteiger partial charge in [-0.25, -0.2) is 18.9 Å².